The minimum atomic E-state index is -1.35. The number of nitrogens with one attached hydrogen (secondary N) is 1. The summed E-state index contributed by atoms with van der Waals surface area (Å²) in [6.07, 6.45) is 0.101. The summed E-state index contributed by atoms with van der Waals surface area (Å²) in [6.45, 7) is 6.76. The molecule has 0 spiro atoms. The van der Waals surface area contributed by atoms with Crippen LogP contribution in [-0.2, 0) is 4.79 Å². The van der Waals surface area contributed by atoms with E-state index in [0.29, 0.717) is 5.01 Å². The van der Waals surface area contributed by atoms with Crippen LogP contribution in [0.3, 0.4) is 0 Å². The Bertz CT molecular complexity index is 735. The van der Waals surface area contributed by atoms with Crippen LogP contribution in [0.4, 0.5) is 0 Å². The molecular formula is C17H20N2O4S. The fourth-order valence-electron chi connectivity index (χ4n) is 1.86. The number of aliphatic carboxylic acids is 1. The quantitative estimate of drug-likeness (QED) is 0.837. The van der Waals surface area contributed by atoms with Crippen LogP contribution in [0.2, 0.25) is 0 Å². The number of thiazole rings is 1. The van der Waals surface area contributed by atoms with Gasteiger partial charge in [-0.3, -0.25) is 4.79 Å². The lowest BCUT2D eigenvalue weighted by Gasteiger charge is -2.20. The number of carbonyl (C=O) groups excluding carboxylic acids is 1. The van der Waals surface area contributed by atoms with Crippen molar-refractivity contribution in [2.24, 2.45) is 0 Å². The lowest BCUT2D eigenvalue weighted by molar-refractivity contribution is -0.143. The number of amides is 1. The average Bonchev–Trinajstić information content (AvgIpc) is 2.96. The normalized spacial score (nSPS) is 11.4. The summed E-state index contributed by atoms with van der Waals surface area (Å²) in [5.74, 6) is -0.844. The number of hydrogen-bond donors (Lipinski definition) is 2. The highest BCUT2D eigenvalue weighted by Gasteiger charge is 2.30. The maximum absolute atomic E-state index is 12.1. The van der Waals surface area contributed by atoms with Gasteiger partial charge in [0.15, 0.2) is 0 Å². The van der Waals surface area contributed by atoms with Gasteiger partial charge in [-0.1, -0.05) is 0 Å². The van der Waals surface area contributed by atoms with Gasteiger partial charge in [0.2, 0.25) is 0 Å². The van der Waals surface area contributed by atoms with Crippen molar-refractivity contribution in [3.8, 4) is 16.3 Å². The Morgan fingerprint density at radius 2 is 1.88 bits per heavy atom. The van der Waals surface area contributed by atoms with Crippen molar-refractivity contribution in [2.75, 3.05) is 0 Å². The van der Waals surface area contributed by atoms with Crippen LogP contribution in [-0.4, -0.2) is 33.6 Å². The molecule has 0 unspecified atom stereocenters. The molecule has 0 radical (unpaired) electrons. The monoisotopic (exact) mass is 348 g/mol. The van der Waals surface area contributed by atoms with Gasteiger partial charge < -0.3 is 15.2 Å². The van der Waals surface area contributed by atoms with E-state index in [1.807, 2.05) is 38.1 Å². The van der Waals surface area contributed by atoms with E-state index in [4.69, 9.17) is 9.84 Å². The molecule has 0 aliphatic heterocycles. The maximum Gasteiger partial charge on any atom is 0.328 e. The fourth-order valence-corrected chi connectivity index (χ4v) is 2.67. The molecule has 2 rings (SSSR count). The lowest BCUT2D eigenvalue weighted by atomic mass is 10.1. The predicted octanol–water partition coefficient (Wildman–Crippen LogP) is 3.19. The van der Waals surface area contributed by atoms with Crippen molar-refractivity contribution in [3.05, 3.63) is 35.3 Å². The molecule has 2 N–H and O–H groups in total. The van der Waals surface area contributed by atoms with Crippen LogP contribution in [0.1, 0.15) is 38.2 Å². The number of hydrogen-bond acceptors (Lipinski definition) is 5. The first-order valence-corrected chi connectivity index (χ1v) is 8.35. The van der Waals surface area contributed by atoms with E-state index in [1.165, 1.54) is 25.2 Å². The Labute approximate surface area is 144 Å². The highest BCUT2D eigenvalue weighted by molar-refractivity contribution is 7.13. The Hall–Kier alpha value is -2.41. The number of nitrogens with zero attached hydrogens (tertiary/aromatic N) is 1. The van der Waals surface area contributed by atoms with Gasteiger partial charge in [0.05, 0.1) is 6.10 Å². The summed E-state index contributed by atoms with van der Waals surface area (Å²) < 4.78 is 5.59. The largest absolute Gasteiger partial charge is 0.491 e. The van der Waals surface area contributed by atoms with Gasteiger partial charge in [-0.05, 0) is 52.0 Å². The number of aromatic nitrogens is 1. The van der Waals surface area contributed by atoms with Crippen molar-refractivity contribution >= 4 is 23.2 Å². The van der Waals surface area contributed by atoms with Gasteiger partial charge in [0.25, 0.3) is 5.91 Å². The first-order chi connectivity index (χ1) is 11.2. The summed E-state index contributed by atoms with van der Waals surface area (Å²) in [7, 11) is 0. The molecule has 7 heteroatoms. The molecule has 1 aromatic heterocycles. The lowest BCUT2D eigenvalue weighted by Crippen LogP contribution is -2.49. The molecule has 1 aromatic carbocycles. The number of rotatable bonds is 6. The van der Waals surface area contributed by atoms with Crippen molar-refractivity contribution < 1.29 is 19.4 Å². The molecule has 1 heterocycles. The Morgan fingerprint density at radius 3 is 2.42 bits per heavy atom. The Kier molecular flexibility index (Phi) is 5.23. The number of carbonyl (C=O) groups is 2. The maximum atomic E-state index is 12.1. The smallest absolute Gasteiger partial charge is 0.328 e. The van der Waals surface area contributed by atoms with Crippen LogP contribution >= 0.6 is 11.3 Å². The number of ether oxygens (including phenoxy) is 1. The van der Waals surface area contributed by atoms with Crippen LogP contribution in [0.5, 0.6) is 5.75 Å². The molecule has 0 fully saturated rings. The zero-order valence-corrected chi connectivity index (χ0v) is 14.8. The second kappa shape index (κ2) is 7.00. The molecule has 1 amide bonds. The molecule has 0 bridgehead atoms. The molecule has 0 aliphatic carbocycles. The standard InChI is InChI=1S/C17H20N2O4S/c1-10(2)23-12-7-5-11(6-8-12)15-18-13(9-24-15)14(20)19-17(3,4)16(21)22/h5-10H,1-4H3,(H,19,20)(H,21,22). The highest BCUT2D eigenvalue weighted by Crippen LogP contribution is 2.26. The third-order valence-corrected chi connectivity index (χ3v) is 4.06. The zero-order chi connectivity index (χ0) is 17.9. The average molecular weight is 348 g/mol. The van der Waals surface area contributed by atoms with Crippen molar-refractivity contribution in [2.45, 2.75) is 39.3 Å². The summed E-state index contributed by atoms with van der Waals surface area (Å²) in [6, 6.07) is 7.45. The van der Waals surface area contributed by atoms with Crippen molar-refractivity contribution in [1.29, 1.82) is 0 Å². The number of carboxylic acids is 1. The minimum Gasteiger partial charge on any atom is -0.491 e. The number of carboxylic acid groups (broad SMARTS) is 1. The molecule has 0 saturated carbocycles. The summed E-state index contributed by atoms with van der Waals surface area (Å²) in [4.78, 5) is 27.5. The first kappa shape index (κ1) is 17.9. The second-order valence-corrected chi connectivity index (χ2v) is 6.97. The van der Waals surface area contributed by atoms with E-state index in [1.54, 1.807) is 5.38 Å². The van der Waals surface area contributed by atoms with Gasteiger partial charge in [-0.25, -0.2) is 9.78 Å². The third-order valence-electron chi connectivity index (χ3n) is 3.17. The van der Waals surface area contributed by atoms with Gasteiger partial charge in [-0.2, -0.15) is 0 Å². The molecule has 2 aromatic rings. The second-order valence-electron chi connectivity index (χ2n) is 6.11. The number of benzene rings is 1. The van der Waals surface area contributed by atoms with E-state index in [-0.39, 0.29) is 11.8 Å². The first-order valence-electron chi connectivity index (χ1n) is 7.47. The van der Waals surface area contributed by atoms with Gasteiger partial charge >= 0.3 is 5.97 Å². The van der Waals surface area contributed by atoms with Crippen LogP contribution in [0.25, 0.3) is 10.6 Å². The molecule has 0 saturated heterocycles. The molecule has 0 atom stereocenters. The van der Waals surface area contributed by atoms with E-state index >= 15 is 0 Å². The predicted molar refractivity (Wildman–Crippen MR) is 92.5 cm³/mol. The Balaban J connectivity index is 2.13. The third kappa shape index (κ3) is 4.32. The van der Waals surface area contributed by atoms with Gasteiger partial charge in [0.1, 0.15) is 22.0 Å². The Morgan fingerprint density at radius 1 is 1.25 bits per heavy atom. The SMILES string of the molecule is CC(C)Oc1ccc(-c2nc(C(=O)NC(C)(C)C(=O)O)cs2)cc1. The molecule has 24 heavy (non-hydrogen) atoms. The van der Waals surface area contributed by atoms with Crippen LogP contribution < -0.4 is 10.1 Å². The molecular weight excluding hydrogens is 328 g/mol. The van der Waals surface area contributed by atoms with Crippen LogP contribution in [0.15, 0.2) is 29.6 Å². The molecule has 0 aliphatic rings. The van der Waals surface area contributed by atoms with Crippen molar-refractivity contribution in [3.63, 3.8) is 0 Å². The van der Waals surface area contributed by atoms with Crippen molar-refractivity contribution in [1.82, 2.24) is 10.3 Å². The molecule has 128 valence electrons. The topological polar surface area (TPSA) is 88.5 Å². The minimum absolute atomic E-state index is 0.101. The van der Waals surface area contributed by atoms with Gasteiger partial charge in [0, 0.05) is 10.9 Å². The summed E-state index contributed by atoms with van der Waals surface area (Å²) in [5, 5.41) is 13.8. The fraction of sp³-hybridized carbons (Fsp3) is 0.353. The van der Waals surface area contributed by atoms with Gasteiger partial charge in [-0.15, -0.1) is 11.3 Å². The van der Waals surface area contributed by atoms with E-state index in [2.05, 4.69) is 10.3 Å². The summed E-state index contributed by atoms with van der Waals surface area (Å²) >= 11 is 1.32. The zero-order valence-electron chi connectivity index (χ0n) is 14.0. The van der Waals surface area contributed by atoms with E-state index in [9.17, 15) is 9.59 Å². The van der Waals surface area contributed by atoms with E-state index < -0.39 is 17.4 Å². The summed E-state index contributed by atoms with van der Waals surface area (Å²) in [5.41, 5.74) is -0.282. The van der Waals surface area contributed by atoms with Crippen LogP contribution in [0, 0.1) is 0 Å². The van der Waals surface area contributed by atoms with E-state index in [0.717, 1.165) is 11.3 Å². The highest BCUT2D eigenvalue weighted by atomic mass is 32.1. The molecule has 6 nitrogen and oxygen atoms in total.